The zero-order valence-corrected chi connectivity index (χ0v) is 16.4. The quantitative estimate of drug-likeness (QED) is 0.863. The topological polar surface area (TPSA) is 61.8 Å². The number of anilines is 1. The van der Waals surface area contributed by atoms with Crippen LogP contribution in [0.1, 0.15) is 35.4 Å². The van der Waals surface area contributed by atoms with E-state index in [1.807, 2.05) is 42.5 Å². The third-order valence-corrected chi connectivity index (χ3v) is 6.48. The first-order valence-corrected chi connectivity index (χ1v) is 11.3. The first-order chi connectivity index (χ1) is 13.0. The Hall–Kier alpha value is -2.34. The van der Waals surface area contributed by atoms with Gasteiger partial charge in [-0.05, 0) is 42.0 Å². The van der Waals surface area contributed by atoms with Gasteiger partial charge in [0.05, 0.1) is 25.0 Å². The van der Waals surface area contributed by atoms with Crippen LogP contribution < -0.4 is 9.62 Å². The molecular formula is C21H25N3O2S. The summed E-state index contributed by atoms with van der Waals surface area (Å²) < 4.78 is 26.8. The lowest BCUT2D eigenvalue weighted by Crippen LogP contribution is -2.32. The number of aliphatic imine (C=N–C) groups is 1. The van der Waals surface area contributed by atoms with Gasteiger partial charge in [0.1, 0.15) is 5.84 Å². The molecule has 4 rings (SSSR count). The Bertz CT molecular complexity index is 955. The van der Waals surface area contributed by atoms with Gasteiger partial charge in [-0.25, -0.2) is 8.42 Å². The monoisotopic (exact) mass is 383 g/mol. The van der Waals surface area contributed by atoms with Gasteiger partial charge in [0.2, 0.25) is 10.0 Å². The summed E-state index contributed by atoms with van der Waals surface area (Å²) in [6, 6.07) is 15.8. The average Bonchev–Trinajstić information content (AvgIpc) is 3.20. The number of nitrogens with zero attached hydrogens (tertiary/aromatic N) is 2. The highest BCUT2D eigenvalue weighted by Crippen LogP contribution is 2.39. The van der Waals surface area contributed by atoms with Gasteiger partial charge < -0.3 is 5.32 Å². The van der Waals surface area contributed by atoms with Crippen molar-refractivity contribution < 1.29 is 8.42 Å². The van der Waals surface area contributed by atoms with Crippen molar-refractivity contribution in [1.29, 1.82) is 0 Å². The molecule has 0 saturated carbocycles. The Morgan fingerprint density at radius 3 is 2.67 bits per heavy atom. The van der Waals surface area contributed by atoms with Gasteiger partial charge in [0.15, 0.2) is 0 Å². The second-order valence-electron chi connectivity index (χ2n) is 7.24. The number of amidine groups is 1. The van der Waals surface area contributed by atoms with Crippen molar-refractivity contribution in [3.05, 3.63) is 65.2 Å². The standard InChI is InChI=1S/C21H25N3O2S/c1-27(25,26)24(15-16-7-3-2-4-8-16)20-12-6-9-17-18(20)10-5-11-19(17)21-22-13-14-23-21/h2-4,6-9,12,19H,5,10-11,13-15H2,1H3,(H,22,23). The highest BCUT2D eigenvalue weighted by atomic mass is 32.2. The molecule has 0 amide bonds. The zero-order valence-electron chi connectivity index (χ0n) is 15.6. The Labute approximate surface area is 161 Å². The lowest BCUT2D eigenvalue weighted by atomic mass is 9.81. The second kappa shape index (κ2) is 7.35. The third kappa shape index (κ3) is 3.72. The fourth-order valence-corrected chi connectivity index (χ4v) is 5.04. The summed E-state index contributed by atoms with van der Waals surface area (Å²) >= 11 is 0. The highest BCUT2D eigenvalue weighted by molar-refractivity contribution is 7.92. The molecular weight excluding hydrogens is 358 g/mol. The van der Waals surface area contributed by atoms with Crippen LogP contribution in [0.15, 0.2) is 53.5 Å². The third-order valence-electron chi connectivity index (χ3n) is 5.35. The first-order valence-electron chi connectivity index (χ1n) is 9.45. The maximum atomic E-state index is 12.6. The van der Waals surface area contributed by atoms with Gasteiger partial charge in [-0.2, -0.15) is 0 Å². The van der Waals surface area contributed by atoms with Crippen molar-refractivity contribution in [2.24, 2.45) is 4.99 Å². The Morgan fingerprint density at radius 1 is 1.15 bits per heavy atom. The fraction of sp³-hybridized carbons (Fsp3) is 0.381. The highest BCUT2D eigenvalue weighted by Gasteiger charge is 2.30. The summed E-state index contributed by atoms with van der Waals surface area (Å²) in [5.74, 6) is 1.30. The minimum atomic E-state index is -3.40. The van der Waals surface area contributed by atoms with E-state index in [1.54, 1.807) is 4.31 Å². The summed E-state index contributed by atoms with van der Waals surface area (Å²) in [5.41, 5.74) is 4.15. The number of hydrogen-bond acceptors (Lipinski definition) is 4. The molecule has 0 aromatic heterocycles. The van der Waals surface area contributed by atoms with Crippen molar-refractivity contribution in [3.63, 3.8) is 0 Å². The fourth-order valence-electron chi connectivity index (χ4n) is 4.13. The van der Waals surface area contributed by atoms with Crippen molar-refractivity contribution in [2.75, 3.05) is 23.7 Å². The number of benzene rings is 2. The van der Waals surface area contributed by atoms with Crippen molar-refractivity contribution in [3.8, 4) is 0 Å². The number of sulfonamides is 1. The molecule has 1 heterocycles. The molecule has 142 valence electrons. The van der Waals surface area contributed by atoms with Crippen LogP contribution in [0.25, 0.3) is 0 Å². The second-order valence-corrected chi connectivity index (χ2v) is 9.15. The molecule has 0 saturated heterocycles. The van der Waals surface area contributed by atoms with E-state index in [9.17, 15) is 8.42 Å². The van der Waals surface area contributed by atoms with Crippen molar-refractivity contribution >= 4 is 21.5 Å². The van der Waals surface area contributed by atoms with Gasteiger partial charge in [-0.1, -0.05) is 42.5 Å². The van der Waals surface area contributed by atoms with Crippen LogP contribution in [-0.4, -0.2) is 33.6 Å². The van der Waals surface area contributed by atoms with Crippen molar-refractivity contribution in [2.45, 2.75) is 31.7 Å². The molecule has 1 aliphatic heterocycles. The van der Waals surface area contributed by atoms with Crippen LogP contribution in [-0.2, 0) is 23.0 Å². The lowest BCUT2D eigenvalue weighted by molar-refractivity contribution is 0.595. The van der Waals surface area contributed by atoms with Crippen LogP contribution in [0.2, 0.25) is 0 Å². The molecule has 1 unspecified atom stereocenters. The van der Waals surface area contributed by atoms with Gasteiger partial charge in [0, 0.05) is 12.5 Å². The zero-order chi connectivity index (χ0) is 18.9. The molecule has 1 aliphatic carbocycles. The number of nitrogens with one attached hydrogen (secondary N) is 1. The van der Waals surface area contributed by atoms with E-state index < -0.39 is 10.0 Å². The molecule has 0 bridgehead atoms. The van der Waals surface area contributed by atoms with Crippen LogP contribution in [0.5, 0.6) is 0 Å². The molecule has 27 heavy (non-hydrogen) atoms. The van der Waals surface area contributed by atoms with Crippen LogP contribution in [0.4, 0.5) is 5.69 Å². The van der Waals surface area contributed by atoms with Gasteiger partial charge in [-0.3, -0.25) is 9.30 Å². The molecule has 1 N–H and O–H groups in total. The smallest absolute Gasteiger partial charge is 0.232 e. The van der Waals surface area contributed by atoms with E-state index in [4.69, 9.17) is 0 Å². The van der Waals surface area contributed by atoms with Crippen LogP contribution in [0, 0.1) is 0 Å². The number of rotatable bonds is 5. The summed E-state index contributed by atoms with van der Waals surface area (Å²) in [6.45, 7) is 2.06. The molecule has 0 fully saturated rings. The summed E-state index contributed by atoms with van der Waals surface area (Å²) in [5, 5.41) is 3.40. The SMILES string of the molecule is CS(=O)(=O)N(Cc1ccccc1)c1cccc2c1CCCC2C1=NCCN1. The maximum absolute atomic E-state index is 12.6. The molecule has 0 spiro atoms. The van der Waals surface area contributed by atoms with E-state index in [1.165, 1.54) is 11.8 Å². The molecule has 2 aliphatic rings. The first kappa shape index (κ1) is 18.0. The molecule has 2 aromatic carbocycles. The van der Waals surface area contributed by atoms with Crippen molar-refractivity contribution in [1.82, 2.24) is 5.32 Å². The van der Waals surface area contributed by atoms with E-state index in [0.29, 0.717) is 6.54 Å². The Morgan fingerprint density at radius 2 is 1.96 bits per heavy atom. The van der Waals surface area contributed by atoms with Gasteiger partial charge in [-0.15, -0.1) is 0 Å². The summed E-state index contributed by atoms with van der Waals surface area (Å²) in [6.07, 6.45) is 4.28. The van der Waals surface area contributed by atoms with E-state index in [0.717, 1.165) is 55.0 Å². The molecule has 2 aromatic rings. The Kier molecular flexibility index (Phi) is 4.91. The molecule has 6 heteroatoms. The molecule has 5 nitrogen and oxygen atoms in total. The van der Waals surface area contributed by atoms with Crippen LogP contribution in [0.3, 0.4) is 0 Å². The number of fused-ring (bicyclic) bond motifs is 1. The van der Waals surface area contributed by atoms with Gasteiger partial charge in [0.25, 0.3) is 0 Å². The molecule has 1 atom stereocenters. The summed E-state index contributed by atoms with van der Waals surface area (Å²) in [7, 11) is -3.40. The van der Waals surface area contributed by atoms with E-state index in [-0.39, 0.29) is 5.92 Å². The normalized spacial score (nSPS) is 19.1. The average molecular weight is 384 g/mol. The predicted octanol–water partition coefficient (Wildman–Crippen LogP) is 3.07. The number of hydrogen-bond donors (Lipinski definition) is 1. The Balaban J connectivity index is 1.76. The predicted molar refractivity (Wildman–Crippen MR) is 110 cm³/mol. The minimum Gasteiger partial charge on any atom is -0.371 e. The molecule has 0 radical (unpaired) electrons. The van der Waals surface area contributed by atoms with E-state index >= 15 is 0 Å². The minimum absolute atomic E-state index is 0.245. The lowest BCUT2D eigenvalue weighted by Gasteiger charge is -2.31. The summed E-state index contributed by atoms with van der Waals surface area (Å²) in [4.78, 5) is 4.62. The maximum Gasteiger partial charge on any atom is 0.232 e. The largest absolute Gasteiger partial charge is 0.371 e. The van der Waals surface area contributed by atoms with Crippen LogP contribution >= 0.6 is 0 Å². The van der Waals surface area contributed by atoms with Gasteiger partial charge >= 0.3 is 0 Å². The van der Waals surface area contributed by atoms with E-state index in [2.05, 4.69) is 16.4 Å².